The van der Waals surface area contributed by atoms with Crippen molar-refractivity contribution in [1.82, 2.24) is 0 Å². The van der Waals surface area contributed by atoms with Gasteiger partial charge in [-0.15, -0.1) is 0 Å². The SMILES string of the molecule is Cc1c(Br)cccc1C(=O)c1cc2cc(F)ccc2o1. The average Bonchev–Trinajstić information content (AvgIpc) is 2.84. The van der Waals surface area contributed by atoms with E-state index in [1.54, 1.807) is 18.2 Å². The number of hydrogen-bond donors (Lipinski definition) is 0. The molecule has 0 N–H and O–H groups in total. The first kappa shape index (κ1) is 13.1. The summed E-state index contributed by atoms with van der Waals surface area (Å²) in [5, 5.41) is 0.584. The predicted octanol–water partition coefficient (Wildman–Crippen LogP) is 4.87. The van der Waals surface area contributed by atoms with Crippen LogP contribution >= 0.6 is 15.9 Å². The maximum Gasteiger partial charge on any atom is 0.228 e. The molecule has 0 aliphatic rings. The number of carbonyl (C=O) groups is 1. The number of benzene rings is 2. The summed E-state index contributed by atoms with van der Waals surface area (Å²) in [5.41, 5.74) is 1.92. The van der Waals surface area contributed by atoms with Crippen LogP contribution in [0.3, 0.4) is 0 Å². The second-order valence-electron chi connectivity index (χ2n) is 4.53. The summed E-state index contributed by atoms with van der Waals surface area (Å²) in [4.78, 5) is 12.5. The second-order valence-corrected chi connectivity index (χ2v) is 5.39. The normalized spacial score (nSPS) is 10.9. The van der Waals surface area contributed by atoms with Crippen molar-refractivity contribution in [2.75, 3.05) is 0 Å². The van der Waals surface area contributed by atoms with Crippen LogP contribution in [0, 0.1) is 12.7 Å². The van der Waals surface area contributed by atoms with E-state index in [4.69, 9.17) is 4.42 Å². The molecule has 0 aliphatic carbocycles. The molecule has 3 rings (SSSR count). The molecule has 1 heterocycles. The van der Waals surface area contributed by atoms with E-state index in [0.717, 1.165) is 10.0 Å². The van der Waals surface area contributed by atoms with E-state index >= 15 is 0 Å². The van der Waals surface area contributed by atoms with Crippen molar-refractivity contribution in [1.29, 1.82) is 0 Å². The zero-order valence-corrected chi connectivity index (χ0v) is 12.2. The van der Waals surface area contributed by atoms with Crippen LogP contribution in [0.4, 0.5) is 4.39 Å². The maximum atomic E-state index is 13.2. The quantitative estimate of drug-likeness (QED) is 0.626. The van der Waals surface area contributed by atoms with E-state index in [1.807, 2.05) is 13.0 Å². The molecule has 0 saturated carbocycles. The van der Waals surface area contributed by atoms with Crippen molar-refractivity contribution in [2.45, 2.75) is 6.92 Å². The molecule has 4 heteroatoms. The molecule has 2 nitrogen and oxygen atoms in total. The Kier molecular flexibility index (Phi) is 3.18. The Balaban J connectivity index is 2.10. The summed E-state index contributed by atoms with van der Waals surface area (Å²) in [6.07, 6.45) is 0. The molecule has 0 fully saturated rings. The lowest BCUT2D eigenvalue weighted by Crippen LogP contribution is -2.02. The number of carbonyl (C=O) groups excluding carboxylic acids is 1. The van der Waals surface area contributed by atoms with Gasteiger partial charge in [-0.2, -0.15) is 0 Å². The van der Waals surface area contributed by atoms with Gasteiger partial charge in [-0.25, -0.2) is 4.39 Å². The summed E-state index contributed by atoms with van der Waals surface area (Å²) in [5.74, 6) is -0.344. The van der Waals surface area contributed by atoms with Crippen molar-refractivity contribution < 1.29 is 13.6 Å². The topological polar surface area (TPSA) is 30.2 Å². The Morgan fingerprint density at radius 2 is 2.00 bits per heavy atom. The number of fused-ring (bicyclic) bond motifs is 1. The van der Waals surface area contributed by atoms with Crippen molar-refractivity contribution in [2.24, 2.45) is 0 Å². The van der Waals surface area contributed by atoms with E-state index < -0.39 is 0 Å². The first-order valence-electron chi connectivity index (χ1n) is 6.05. The number of halogens is 2. The molecule has 0 atom stereocenters. The van der Waals surface area contributed by atoms with Gasteiger partial charge in [-0.05, 0) is 42.8 Å². The summed E-state index contributed by atoms with van der Waals surface area (Å²) in [6, 6.07) is 11.2. The molecule has 3 aromatic rings. The van der Waals surface area contributed by atoms with Crippen LogP contribution in [0.5, 0.6) is 0 Å². The standard InChI is InChI=1S/C16H10BrFO2/c1-9-12(3-2-4-13(9)17)16(19)15-8-10-7-11(18)5-6-14(10)20-15/h2-8H,1H3. The van der Waals surface area contributed by atoms with Crippen molar-refractivity contribution >= 4 is 32.7 Å². The Morgan fingerprint density at radius 3 is 2.80 bits per heavy atom. The van der Waals surface area contributed by atoms with Gasteiger partial charge < -0.3 is 4.42 Å². The summed E-state index contributed by atoms with van der Waals surface area (Å²) < 4.78 is 19.5. The first-order valence-corrected chi connectivity index (χ1v) is 6.84. The van der Waals surface area contributed by atoms with Gasteiger partial charge in [-0.3, -0.25) is 4.79 Å². The molecule has 2 aromatic carbocycles. The van der Waals surface area contributed by atoms with Gasteiger partial charge in [0.25, 0.3) is 0 Å². The molecule has 0 saturated heterocycles. The lowest BCUT2D eigenvalue weighted by atomic mass is 10.0. The van der Waals surface area contributed by atoms with E-state index in [-0.39, 0.29) is 17.4 Å². The minimum absolute atomic E-state index is 0.208. The van der Waals surface area contributed by atoms with Gasteiger partial charge in [0.05, 0.1) is 0 Å². The van der Waals surface area contributed by atoms with Crippen LogP contribution in [0.2, 0.25) is 0 Å². The van der Waals surface area contributed by atoms with Crippen LogP contribution in [-0.4, -0.2) is 5.78 Å². The summed E-state index contributed by atoms with van der Waals surface area (Å²) in [7, 11) is 0. The van der Waals surface area contributed by atoms with Crippen LogP contribution in [-0.2, 0) is 0 Å². The summed E-state index contributed by atoms with van der Waals surface area (Å²) >= 11 is 3.40. The Morgan fingerprint density at radius 1 is 1.20 bits per heavy atom. The van der Waals surface area contributed by atoms with Crippen molar-refractivity contribution in [3.8, 4) is 0 Å². The number of furan rings is 1. The zero-order chi connectivity index (χ0) is 14.3. The maximum absolute atomic E-state index is 13.2. The fourth-order valence-electron chi connectivity index (χ4n) is 2.11. The highest BCUT2D eigenvalue weighted by atomic mass is 79.9. The van der Waals surface area contributed by atoms with Gasteiger partial charge in [0.1, 0.15) is 11.4 Å². The molecule has 0 spiro atoms. The highest BCUT2D eigenvalue weighted by molar-refractivity contribution is 9.10. The molecule has 0 bridgehead atoms. The molecule has 0 aliphatic heterocycles. The third-order valence-corrected chi connectivity index (χ3v) is 4.07. The molecule has 0 amide bonds. The molecule has 0 unspecified atom stereocenters. The smallest absolute Gasteiger partial charge is 0.228 e. The zero-order valence-electron chi connectivity index (χ0n) is 10.6. The van der Waals surface area contributed by atoms with Gasteiger partial charge in [-0.1, -0.05) is 28.1 Å². The Bertz CT molecular complexity index is 820. The molecule has 0 radical (unpaired) electrons. The van der Waals surface area contributed by atoms with Crippen LogP contribution in [0.1, 0.15) is 21.7 Å². The first-order chi connectivity index (χ1) is 9.56. The minimum Gasteiger partial charge on any atom is -0.453 e. The van der Waals surface area contributed by atoms with E-state index in [2.05, 4.69) is 15.9 Å². The molecule has 100 valence electrons. The number of rotatable bonds is 2. The molecular formula is C16H10BrFO2. The second kappa shape index (κ2) is 4.87. The van der Waals surface area contributed by atoms with Crippen LogP contribution < -0.4 is 0 Å². The van der Waals surface area contributed by atoms with Crippen molar-refractivity contribution in [3.63, 3.8) is 0 Å². The molecular weight excluding hydrogens is 323 g/mol. The van der Waals surface area contributed by atoms with E-state index in [1.165, 1.54) is 18.2 Å². The third-order valence-electron chi connectivity index (χ3n) is 3.21. The Hall–Kier alpha value is -1.94. The van der Waals surface area contributed by atoms with Crippen molar-refractivity contribution in [3.05, 3.63) is 69.6 Å². The minimum atomic E-state index is -0.351. The number of hydrogen-bond acceptors (Lipinski definition) is 2. The lowest BCUT2D eigenvalue weighted by molar-refractivity contribution is 0.101. The lowest BCUT2D eigenvalue weighted by Gasteiger charge is -2.04. The van der Waals surface area contributed by atoms with Gasteiger partial charge >= 0.3 is 0 Å². The van der Waals surface area contributed by atoms with Crippen LogP contribution in [0.15, 0.2) is 51.4 Å². The van der Waals surface area contributed by atoms with Gasteiger partial charge in [0.2, 0.25) is 5.78 Å². The monoisotopic (exact) mass is 332 g/mol. The van der Waals surface area contributed by atoms with Crippen LogP contribution in [0.25, 0.3) is 11.0 Å². The molecule has 1 aromatic heterocycles. The largest absolute Gasteiger partial charge is 0.453 e. The summed E-state index contributed by atoms with van der Waals surface area (Å²) in [6.45, 7) is 1.86. The highest BCUT2D eigenvalue weighted by Gasteiger charge is 2.17. The van der Waals surface area contributed by atoms with Gasteiger partial charge in [0, 0.05) is 15.4 Å². The third kappa shape index (κ3) is 2.16. The Labute approximate surface area is 123 Å². The van der Waals surface area contributed by atoms with E-state index in [0.29, 0.717) is 16.5 Å². The fraction of sp³-hybridized carbons (Fsp3) is 0.0625. The molecule has 20 heavy (non-hydrogen) atoms. The fourth-order valence-corrected chi connectivity index (χ4v) is 2.48. The predicted molar refractivity (Wildman–Crippen MR) is 78.5 cm³/mol. The number of ketones is 1. The van der Waals surface area contributed by atoms with Gasteiger partial charge in [0.15, 0.2) is 5.76 Å². The highest BCUT2D eigenvalue weighted by Crippen LogP contribution is 2.25. The van der Waals surface area contributed by atoms with E-state index in [9.17, 15) is 9.18 Å². The average molecular weight is 333 g/mol.